The van der Waals surface area contributed by atoms with Gasteiger partial charge in [0.1, 0.15) is 0 Å². The second-order valence-electron chi connectivity index (χ2n) is 3.93. The van der Waals surface area contributed by atoms with Crippen molar-refractivity contribution in [2.75, 3.05) is 0 Å². The van der Waals surface area contributed by atoms with Crippen LogP contribution < -0.4 is 0 Å². The summed E-state index contributed by atoms with van der Waals surface area (Å²) in [6.45, 7) is 20.2. The number of rotatable bonds is 0. The van der Waals surface area contributed by atoms with Crippen LogP contribution in [0.15, 0.2) is 11.6 Å². The third-order valence-electron chi connectivity index (χ3n) is 2.44. The molecule has 0 fully saturated rings. The van der Waals surface area contributed by atoms with Gasteiger partial charge in [0.25, 0.3) is 0 Å². The van der Waals surface area contributed by atoms with Crippen molar-refractivity contribution in [2.45, 2.75) is 46.5 Å². The number of hydrogen-bond acceptors (Lipinski definition) is 0. The molecule has 0 heterocycles. The van der Waals surface area contributed by atoms with Crippen LogP contribution in [0.1, 0.15) is 46.5 Å². The molecule has 4 radical (unpaired) electrons. The number of hydrogen-bond donors (Lipinski definition) is 0. The summed E-state index contributed by atoms with van der Waals surface area (Å²) in [5.41, 5.74) is 1.55. The Kier molecular flexibility index (Phi) is 32.1. The van der Waals surface area contributed by atoms with Crippen molar-refractivity contribution in [1.29, 1.82) is 0 Å². The third kappa shape index (κ3) is 20.0. The fourth-order valence-electron chi connectivity index (χ4n) is 1.61. The molecule has 1 rings (SSSR count). The van der Waals surface area contributed by atoms with E-state index in [1.807, 2.05) is 0 Å². The largest absolute Gasteiger partial charge is 0 e. The molecule has 0 aromatic rings. The minimum atomic E-state index is 0. The molecule has 4 heteroatoms. The molecular weight excluding hydrogens is 283 g/mol. The Balaban J connectivity index is -0.000000142. The Hall–Kier alpha value is -0.521. The quantitative estimate of drug-likeness (QED) is 0.283. The first-order chi connectivity index (χ1) is 8.68. The zero-order chi connectivity index (χ0) is 15.0. The minimum Gasteiger partial charge on any atom is 0 e. The van der Waals surface area contributed by atoms with Gasteiger partial charge in [-0.3, -0.25) is 0 Å². The first-order valence-corrected chi connectivity index (χ1v) is 5.45. The van der Waals surface area contributed by atoms with E-state index in [1.54, 1.807) is 5.57 Å². The molecule has 0 amide bonds. The maximum atomic E-state index is 7.50. The van der Waals surface area contributed by atoms with Gasteiger partial charge in [-0.25, -0.2) is 0 Å². The van der Waals surface area contributed by atoms with Gasteiger partial charge in [0.15, 0.2) is 0 Å². The Morgan fingerprint density at radius 2 is 1.21 bits per heavy atom. The molecular formula is C15H19MnO3. The molecule has 0 N–H and O–H groups in total. The molecule has 0 aliphatic heterocycles. The van der Waals surface area contributed by atoms with Crippen LogP contribution in [0.2, 0.25) is 0 Å². The van der Waals surface area contributed by atoms with E-state index in [9.17, 15) is 0 Å². The van der Waals surface area contributed by atoms with E-state index < -0.39 is 0 Å². The molecule has 0 saturated heterocycles. The summed E-state index contributed by atoms with van der Waals surface area (Å²) in [7, 11) is 0. The molecule has 104 valence electrons. The van der Waals surface area contributed by atoms with Crippen molar-refractivity contribution < 1.29 is 31.0 Å². The second-order valence-corrected chi connectivity index (χ2v) is 3.93. The molecule has 0 spiro atoms. The predicted octanol–water partition coefficient (Wildman–Crippen LogP) is 3.78. The van der Waals surface area contributed by atoms with Crippen molar-refractivity contribution >= 4 is 0 Å². The molecule has 3 nitrogen and oxygen atoms in total. The first kappa shape index (κ1) is 26.9. The molecule has 1 aliphatic rings. The van der Waals surface area contributed by atoms with E-state index >= 15 is 0 Å². The van der Waals surface area contributed by atoms with Gasteiger partial charge in [0.05, 0.1) is 0 Å². The molecule has 0 aromatic heterocycles. The summed E-state index contributed by atoms with van der Waals surface area (Å²) in [6.07, 6.45) is 9.67. The van der Waals surface area contributed by atoms with Crippen LogP contribution in [0, 0.1) is 38.2 Å². The van der Waals surface area contributed by atoms with E-state index in [0.717, 1.165) is 0 Å². The predicted molar refractivity (Wildman–Crippen MR) is 66.1 cm³/mol. The summed E-state index contributed by atoms with van der Waals surface area (Å²) < 4.78 is 22.5. The molecule has 19 heavy (non-hydrogen) atoms. The zero-order valence-corrected chi connectivity index (χ0v) is 12.8. The molecule has 0 aromatic carbocycles. The van der Waals surface area contributed by atoms with Gasteiger partial charge in [-0.05, 0) is 50.9 Å². The van der Waals surface area contributed by atoms with Crippen LogP contribution in [0.3, 0.4) is 0 Å². The van der Waals surface area contributed by atoms with E-state index in [4.69, 9.17) is 14.0 Å². The van der Waals surface area contributed by atoms with Gasteiger partial charge in [0.2, 0.25) is 0 Å². The second kappa shape index (κ2) is 22.6. The molecule has 0 bridgehead atoms. The van der Waals surface area contributed by atoms with Crippen molar-refractivity contribution in [3.63, 3.8) is 0 Å². The van der Waals surface area contributed by atoms with Gasteiger partial charge in [-0.1, -0.05) is 25.5 Å². The van der Waals surface area contributed by atoms with E-state index in [0.29, 0.717) is 0 Å². The Morgan fingerprint density at radius 3 is 1.68 bits per heavy atom. The Morgan fingerprint density at radius 1 is 0.789 bits per heavy atom. The smallest absolute Gasteiger partial charge is 0 e. The zero-order valence-electron chi connectivity index (χ0n) is 11.6. The van der Waals surface area contributed by atoms with Crippen molar-refractivity contribution in [2.24, 2.45) is 0 Å². The summed E-state index contributed by atoms with van der Waals surface area (Å²) in [5, 5.41) is 0. The fraction of sp³-hybridized carbons (Fsp3) is 0.467. The van der Waals surface area contributed by atoms with Crippen LogP contribution in [-0.2, 0) is 31.0 Å². The van der Waals surface area contributed by atoms with Gasteiger partial charge in [-0.2, -0.15) is 0 Å². The Labute approximate surface area is 127 Å². The molecule has 0 atom stereocenters. The average molecular weight is 302 g/mol. The normalized spacial score (nSPS) is 18.3. The maximum Gasteiger partial charge on any atom is 0 e. The average Bonchev–Trinajstić information content (AvgIpc) is 2.49. The fourth-order valence-corrected chi connectivity index (χ4v) is 1.61. The molecule has 0 unspecified atom stereocenters. The van der Waals surface area contributed by atoms with Gasteiger partial charge in [-0.15, -0.1) is 0 Å². The monoisotopic (exact) mass is 302 g/mol. The van der Waals surface area contributed by atoms with Crippen LogP contribution in [-0.4, -0.2) is 0 Å². The summed E-state index contributed by atoms with van der Waals surface area (Å²) in [6, 6.07) is 0. The summed E-state index contributed by atoms with van der Waals surface area (Å²) >= 11 is 0. The van der Waals surface area contributed by atoms with E-state index in [2.05, 4.69) is 53.2 Å². The van der Waals surface area contributed by atoms with Crippen molar-refractivity contribution in [3.8, 4) is 0 Å². The van der Waals surface area contributed by atoms with Crippen LogP contribution >= 0.6 is 0 Å². The maximum absolute atomic E-state index is 7.50. The van der Waals surface area contributed by atoms with Gasteiger partial charge >= 0.3 is 33.9 Å². The van der Waals surface area contributed by atoms with Crippen molar-refractivity contribution in [3.05, 3.63) is 49.9 Å². The summed E-state index contributed by atoms with van der Waals surface area (Å²) in [4.78, 5) is 0. The van der Waals surface area contributed by atoms with Crippen LogP contribution in [0.4, 0.5) is 0 Å². The van der Waals surface area contributed by atoms with E-state index in [-0.39, 0.29) is 17.1 Å². The first-order valence-electron chi connectivity index (χ1n) is 5.45. The number of allylic oxidation sites excluding steroid dienone is 2. The minimum absolute atomic E-state index is 0. The van der Waals surface area contributed by atoms with E-state index in [1.165, 1.54) is 37.5 Å². The van der Waals surface area contributed by atoms with Crippen molar-refractivity contribution in [1.82, 2.24) is 0 Å². The summed E-state index contributed by atoms with van der Waals surface area (Å²) in [5.74, 6) is 3.06. The Bertz CT molecular complexity index is 252. The van der Waals surface area contributed by atoms with Gasteiger partial charge in [0, 0.05) is 17.1 Å². The van der Waals surface area contributed by atoms with Crippen LogP contribution in [0.5, 0.6) is 0 Å². The standard InChI is InChI=1S/C12H19.3CO.Mn/c1-10-5-4-6-11(2)9-12(3)8-7-10;3*1-2;/h5,9H,4,6-8H2,1-3H3;;;;/b10-5-;;;;. The van der Waals surface area contributed by atoms with Crippen LogP contribution in [0.25, 0.3) is 0 Å². The SMILES string of the molecule is C[C]1[CH][C](C)CC/C(C)=C\CC1.[C-]#[O+].[C-]#[O+].[C-]#[O+].[Mn]. The van der Waals surface area contributed by atoms with Gasteiger partial charge < -0.3 is 0 Å². The topological polar surface area (TPSA) is 59.7 Å². The molecule has 0 saturated carbocycles. The third-order valence-corrected chi connectivity index (χ3v) is 2.44. The molecule has 1 aliphatic carbocycles.